The van der Waals surface area contributed by atoms with Crippen molar-refractivity contribution in [3.8, 4) is 0 Å². The number of ether oxygens (including phenoxy) is 1. The minimum absolute atomic E-state index is 0.146. The van der Waals surface area contributed by atoms with Gasteiger partial charge in [0.15, 0.2) is 0 Å². The molecular weight excluding hydrogens is 190 g/mol. The summed E-state index contributed by atoms with van der Waals surface area (Å²) in [6, 6.07) is 0.146. The molecule has 1 aromatic rings. The van der Waals surface area contributed by atoms with Crippen molar-refractivity contribution in [3.63, 3.8) is 0 Å². The second-order valence-electron chi connectivity index (χ2n) is 4.38. The van der Waals surface area contributed by atoms with Crippen LogP contribution < -0.4 is 5.73 Å². The van der Waals surface area contributed by atoms with Crippen molar-refractivity contribution >= 4 is 0 Å². The Morgan fingerprint density at radius 1 is 1.67 bits per heavy atom. The molecule has 4 nitrogen and oxygen atoms in total. The summed E-state index contributed by atoms with van der Waals surface area (Å²) >= 11 is 0. The highest BCUT2D eigenvalue weighted by molar-refractivity contribution is 5.17. The predicted octanol–water partition coefficient (Wildman–Crippen LogP) is 1.46. The van der Waals surface area contributed by atoms with Gasteiger partial charge in [0.05, 0.1) is 5.69 Å². The molecule has 1 aliphatic rings. The first kappa shape index (κ1) is 10.6. The van der Waals surface area contributed by atoms with Crippen LogP contribution in [-0.2, 0) is 11.2 Å². The van der Waals surface area contributed by atoms with Gasteiger partial charge in [-0.05, 0) is 26.7 Å². The zero-order valence-electron chi connectivity index (χ0n) is 9.42. The summed E-state index contributed by atoms with van der Waals surface area (Å²) in [5.41, 5.74) is 7.94. The summed E-state index contributed by atoms with van der Waals surface area (Å²) in [6.07, 6.45) is 3.22. The summed E-state index contributed by atoms with van der Waals surface area (Å²) in [5.74, 6) is 0.980. The number of aromatic nitrogens is 2. The van der Waals surface area contributed by atoms with Gasteiger partial charge in [-0.15, -0.1) is 0 Å². The fourth-order valence-electron chi connectivity index (χ4n) is 2.05. The second-order valence-corrected chi connectivity index (χ2v) is 4.38. The topological polar surface area (TPSA) is 63.9 Å². The largest absolute Gasteiger partial charge is 0.372 e. The number of nitrogens with two attached hydrogens (primary N) is 1. The Hall–Kier alpha value is -0.870. The number of aryl methyl sites for hydroxylation is 1. The number of imidazole rings is 1. The van der Waals surface area contributed by atoms with Crippen molar-refractivity contribution in [2.75, 3.05) is 6.61 Å². The third kappa shape index (κ3) is 2.38. The lowest BCUT2D eigenvalue weighted by atomic mass is 10.1. The summed E-state index contributed by atoms with van der Waals surface area (Å²) in [6.45, 7) is 4.90. The van der Waals surface area contributed by atoms with E-state index in [-0.39, 0.29) is 12.1 Å². The minimum atomic E-state index is 0.146. The summed E-state index contributed by atoms with van der Waals surface area (Å²) in [7, 11) is 0. The third-order valence-electron chi connectivity index (χ3n) is 2.72. The van der Waals surface area contributed by atoms with E-state index < -0.39 is 0 Å². The van der Waals surface area contributed by atoms with E-state index >= 15 is 0 Å². The predicted molar refractivity (Wildman–Crippen MR) is 58.6 cm³/mol. The van der Waals surface area contributed by atoms with E-state index in [9.17, 15) is 0 Å². The molecule has 1 aromatic heterocycles. The quantitative estimate of drug-likeness (QED) is 0.792. The molecule has 0 aliphatic carbocycles. The number of hydrogen-bond donors (Lipinski definition) is 2. The molecule has 2 atom stereocenters. The van der Waals surface area contributed by atoms with E-state index in [1.54, 1.807) is 0 Å². The number of H-pyrrole nitrogens is 1. The normalized spacial score (nSPS) is 23.3. The van der Waals surface area contributed by atoms with Gasteiger partial charge >= 0.3 is 0 Å². The van der Waals surface area contributed by atoms with Gasteiger partial charge in [0.1, 0.15) is 11.9 Å². The van der Waals surface area contributed by atoms with Crippen molar-refractivity contribution in [1.29, 1.82) is 0 Å². The van der Waals surface area contributed by atoms with Crippen LogP contribution in [0, 0.1) is 6.92 Å². The molecule has 1 aliphatic heterocycles. The van der Waals surface area contributed by atoms with E-state index in [4.69, 9.17) is 10.5 Å². The van der Waals surface area contributed by atoms with Crippen LogP contribution in [0.3, 0.4) is 0 Å². The molecule has 0 spiro atoms. The van der Waals surface area contributed by atoms with E-state index in [1.807, 2.05) is 6.92 Å². The number of nitrogens with one attached hydrogen (secondary N) is 1. The maximum absolute atomic E-state index is 5.75. The fraction of sp³-hybridized carbons (Fsp3) is 0.727. The molecule has 1 saturated heterocycles. The van der Waals surface area contributed by atoms with Crippen molar-refractivity contribution < 1.29 is 4.74 Å². The smallest absolute Gasteiger partial charge is 0.108 e. The monoisotopic (exact) mass is 209 g/mol. The van der Waals surface area contributed by atoms with Crippen LogP contribution in [0.25, 0.3) is 0 Å². The minimum Gasteiger partial charge on any atom is -0.372 e. The zero-order chi connectivity index (χ0) is 10.8. The highest BCUT2D eigenvalue weighted by Gasteiger charge is 2.22. The van der Waals surface area contributed by atoms with Crippen LogP contribution in [0.2, 0.25) is 0 Å². The molecule has 0 radical (unpaired) electrons. The molecule has 0 aromatic carbocycles. The van der Waals surface area contributed by atoms with Crippen molar-refractivity contribution in [2.24, 2.45) is 5.73 Å². The molecule has 0 amide bonds. The van der Waals surface area contributed by atoms with Gasteiger partial charge in [-0.25, -0.2) is 4.98 Å². The highest BCUT2D eigenvalue weighted by atomic mass is 16.5. The Kier molecular flexibility index (Phi) is 3.07. The Bertz CT molecular complexity index is 327. The van der Waals surface area contributed by atoms with Crippen molar-refractivity contribution in [2.45, 2.75) is 45.3 Å². The molecule has 2 heterocycles. The second kappa shape index (κ2) is 4.33. The van der Waals surface area contributed by atoms with Crippen LogP contribution in [0.1, 0.15) is 43.1 Å². The van der Waals surface area contributed by atoms with Crippen LogP contribution in [0.4, 0.5) is 0 Å². The molecule has 4 heteroatoms. The van der Waals surface area contributed by atoms with Crippen molar-refractivity contribution in [1.82, 2.24) is 9.97 Å². The molecule has 0 bridgehead atoms. The fourth-order valence-corrected chi connectivity index (χ4v) is 2.05. The van der Waals surface area contributed by atoms with E-state index in [2.05, 4.69) is 16.9 Å². The first-order chi connectivity index (χ1) is 7.16. The van der Waals surface area contributed by atoms with Gasteiger partial charge in [-0.2, -0.15) is 0 Å². The van der Waals surface area contributed by atoms with Crippen LogP contribution in [0.5, 0.6) is 0 Å². The SMILES string of the molecule is Cc1[nH]c(CC(C)N)nc1C1CCCO1. The standard InChI is InChI=1S/C11H19N3O/c1-7(12)6-10-13-8(2)11(14-10)9-4-3-5-15-9/h7,9H,3-6,12H2,1-2H3,(H,13,14). The third-order valence-corrected chi connectivity index (χ3v) is 2.72. The average Bonchev–Trinajstić information content (AvgIpc) is 2.72. The summed E-state index contributed by atoms with van der Waals surface area (Å²) < 4.78 is 5.62. The molecule has 2 unspecified atom stereocenters. The van der Waals surface area contributed by atoms with Crippen molar-refractivity contribution in [3.05, 3.63) is 17.2 Å². The zero-order valence-corrected chi connectivity index (χ0v) is 9.42. The van der Waals surface area contributed by atoms with Crippen LogP contribution in [0.15, 0.2) is 0 Å². The summed E-state index contributed by atoms with van der Waals surface area (Å²) in [4.78, 5) is 7.85. The number of nitrogens with zero attached hydrogens (tertiary/aromatic N) is 1. The number of aromatic amines is 1. The molecule has 15 heavy (non-hydrogen) atoms. The Morgan fingerprint density at radius 3 is 3.07 bits per heavy atom. The van der Waals surface area contributed by atoms with E-state index in [0.29, 0.717) is 0 Å². The highest BCUT2D eigenvalue weighted by Crippen LogP contribution is 2.29. The molecule has 1 fully saturated rings. The van der Waals surface area contributed by atoms with Crippen LogP contribution in [-0.4, -0.2) is 22.6 Å². The van der Waals surface area contributed by atoms with Gasteiger partial charge in [-0.3, -0.25) is 0 Å². The van der Waals surface area contributed by atoms with Crippen LogP contribution >= 0.6 is 0 Å². The summed E-state index contributed by atoms with van der Waals surface area (Å²) in [5, 5.41) is 0. The Morgan fingerprint density at radius 2 is 2.47 bits per heavy atom. The lowest BCUT2D eigenvalue weighted by Crippen LogP contribution is -2.18. The Labute approximate surface area is 90.2 Å². The molecule has 3 N–H and O–H groups in total. The number of rotatable bonds is 3. The van der Waals surface area contributed by atoms with Gasteiger partial charge in [0, 0.05) is 24.8 Å². The van der Waals surface area contributed by atoms with E-state index in [1.165, 1.54) is 0 Å². The molecule has 2 rings (SSSR count). The first-order valence-electron chi connectivity index (χ1n) is 5.59. The molecule has 84 valence electrons. The Balaban J connectivity index is 2.13. The molecular formula is C11H19N3O. The van der Waals surface area contributed by atoms with Gasteiger partial charge in [-0.1, -0.05) is 0 Å². The van der Waals surface area contributed by atoms with Gasteiger partial charge in [0.2, 0.25) is 0 Å². The van der Waals surface area contributed by atoms with Gasteiger partial charge in [0.25, 0.3) is 0 Å². The average molecular weight is 209 g/mol. The number of hydrogen-bond acceptors (Lipinski definition) is 3. The first-order valence-corrected chi connectivity index (χ1v) is 5.59. The lowest BCUT2D eigenvalue weighted by Gasteiger charge is -2.06. The molecule has 0 saturated carbocycles. The van der Waals surface area contributed by atoms with E-state index in [0.717, 1.165) is 43.1 Å². The maximum Gasteiger partial charge on any atom is 0.108 e. The maximum atomic E-state index is 5.75. The lowest BCUT2D eigenvalue weighted by molar-refractivity contribution is 0.108. The van der Waals surface area contributed by atoms with Gasteiger partial charge < -0.3 is 15.5 Å².